The Kier molecular flexibility index (Phi) is 1.10. The first kappa shape index (κ1) is 5.48. The molecule has 1 saturated carbocycles. The summed E-state index contributed by atoms with van der Waals surface area (Å²) in [5.41, 5.74) is 1.62. The number of fused-ring (bicyclic) bond motifs is 1. The van der Waals surface area contributed by atoms with E-state index in [-0.39, 0.29) is 0 Å². The van der Waals surface area contributed by atoms with Gasteiger partial charge in [-0.15, -0.1) is 0 Å². The molecule has 3 atom stereocenters. The van der Waals surface area contributed by atoms with E-state index in [1.807, 2.05) is 0 Å². The minimum atomic E-state index is 0.723. The van der Waals surface area contributed by atoms with Gasteiger partial charge >= 0.3 is 0 Å². The Morgan fingerprint density at radius 2 is 2.25 bits per heavy atom. The molecule has 2 heteroatoms. The van der Waals surface area contributed by atoms with E-state index in [1.165, 1.54) is 6.42 Å². The van der Waals surface area contributed by atoms with Gasteiger partial charge in [0.25, 0.3) is 0 Å². The van der Waals surface area contributed by atoms with Crippen LogP contribution in [0.2, 0.25) is 0 Å². The first-order valence-electron chi connectivity index (χ1n) is 2.79. The SMILES string of the molecule is BrC1CC=C2C(Br)C21. The minimum absolute atomic E-state index is 0.723. The molecule has 0 heterocycles. The molecule has 0 amide bonds. The highest BCUT2D eigenvalue weighted by Gasteiger charge is 2.49. The topological polar surface area (TPSA) is 0 Å². The Morgan fingerprint density at radius 3 is 2.50 bits per heavy atom. The van der Waals surface area contributed by atoms with Gasteiger partial charge in [0, 0.05) is 15.6 Å². The van der Waals surface area contributed by atoms with E-state index in [0.717, 1.165) is 15.6 Å². The van der Waals surface area contributed by atoms with Crippen LogP contribution in [0.3, 0.4) is 0 Å². The van der Waals surface area contributed by atoms with Gasteiger partial charge in [-0.05, 0) is 6.42 Å². The molecule has 0 aromatic heterocycles. The third kappa shape index (κ3) is 0.561. The highest BCUT2D eigenvalue weighted by molar-refractivity contribution is 9.10. The second-order valence-electron chi connectivity index (χ2n) is 2.38. The van der Waals surface area contributed by atoms with E-state index in [4.69, 9.17) is 0 Å². The Labute approximate surface area is 65.6 Å². The summed E-state index contributed by atoms with van der Waals surface area (Å²) in [6.45, 7) is 0. The van der Waals surface area contributed by atoms with Gasteiger partial charge in [-0.3, -0.25) is 0 Å². The summed E-state index contributed by atoms with van der Waals surface area (Å²) >= 11 is 7.17. The van der Waals surface area contributed by atoms with Crippen molar-refractivity contribution in [2.24, 2.45) is 5.92 Å². The lowest BCUT2D eigenvalue weighted by Gasteiger charge is -1.97. The fourth-order valence-electron chi connectivity index (χ4n) is 1.30. The van der Waals surface area contributed by atoms with Crippen molar-refractivity contribution in [1.29, 1.82) is 0 Å². The van der Waals surface area contributed by atoms with Crippen LogP contribution in [0.15, 0.2) is 11.6 Å². The normalized spacial score (nSPS) is 50.8. The zero-order chi connectivity index (χ0) is 5.72. The lowest BCUT2D eigenvalue weighted by atomic mass is 10.3. The van der Waals surface area contributed by atoms with Crippen LogP contribution in [0.25, 0.3) is 0 Å². The average Bonchev–Trinajstić information content (AvgIpc) is 2.13. The molecule has 0 radical (unpaired) electrons. The van der Waals surface area contributed by atoms with Gasteiger partial charge in [-0.1, -0.05) is 43.5 Å². The van der Waals surface area contributed by atoms with Crippen molar-refractivity contribution < 1.29 is 0 Å². The first-order valence-corrected chi connectivity index (χ1v) is 4.62. The van der Waals surface area contributed by atoms with Gasteiger partial charge < -0.3 is 0 Å². The van der Waals surface area contributed by atoms with Crippen LogP contribution in [0, 0.1) is 5.92 Å². The van der Waals surface area contributed by atoms with Crippen LogP contribution >= 0.6 is 31.9 Å². The summed E-state index contributed by atoms with van der Waals surface area (Å²) in [6, 6.07) is 0. The molecule has 0 bridgehead atoms. The first-order chi connectivity index (χ1) is 3.80. The maximum atomic E-state index is 3.60. The summed E-state index contributed by atoms with van der Waals surface area (Å²) in [6.07, 6.45) is 3.58. The number of hydrogen-bond donors (Lipinski definition) is 0. The van der Waals surface area contributed by atoms with Gasteiger partial charge in [0.2, 0.25) is 0 Å². The summed E-state index contributed by atoms with van der Waals surface area (Å²) in [5, 5.41) is 0. The predicted molar refractivity (Wildman–Crippen MR) is 41.6 cm³/mol. The standard InChI is InChI=1S/C6H6Br2/c7-4-2-1-3-5(4)6(3)8/h1,4-6H,2H2. The summed E-state index contributed by atoms with van der Waals surface area (Å²) in [4.78, 5) is 1.46. The minimum Gasteiger partial charge on any atom is -0.0880 e. The summed E-state index contributed by atoms with van der Waals surface area (Å²) < 4.78 is 0. The van der Waals surface area contributed by atoms with Gasteiger partial charge in [-0.25, -0.2) is 0 Å². The molecule has 0 saturated heterocycles. The Hall–Kier alpha value is 0.700. The van der Waals surface area contributed by atoms with Crippen LogP contribution in [0.1, 0.15) is 6.42 Å². The van der Waals surface area contributed by atoms with Crippen LogP contribution in [0.4, 0.5) is 0 Å². The molecule has 0 N–H and O–H groups in total. The maximum Gasteiger partial charge on any atom is 0.0435 e. The van der Waals surface area contributed by atoms with E-state index >= 15 is 0 Å². The quantitative estimate of drug-likeness (QED) is 0.449. The van der Waals surface area contributed by atoms with Gasteiger partial charge in [-0.2, -0.15) is 0 Å². The molecule has 0 aromatic carbocycles. The third-order valence-corrected chi connectivity index (χ3v) is 3.92. The summed E-state index contributed by atoms with van der Waals surface area (Å²) in [7, 11) is 0. The second-order valence-corrected chi connectivity index (χ2v) is 4.55. The van der Waals surface area contributed by atoms with Crippen LogP contribution < -0.4 is 0 Å². The van der Waals surface area contributed by atoms with E-state index in [9.17, 15) is 0 Å². The van der Waals surface area contributed by atoms with Crippen LogP contribution in [0.5, 0.6) is 0 Å². The van der Waals surface area contributed by atoms with Crippen molar-refractivity contribution in [2.75, 3.05) is 0 Å². The van der Waals surface area contributed by atoms with E-state index in [2.05, 4.69) is 37.9 Å². The fraction of sp³-hybridized carbons (Fsp3) is 0.667. The number of hydrogen-bond acceptors (Lipinski definition) is 0. The van der Waals surface area contributed by atoms with Crippen LogP contribution in [-0.4, -0.2) is 9.65 Å². The maximum absolute atomic E-state index is 3.60. The monoisotopic (exact) mass is 236 g/mol. The lowest BCUT2D eigenvalue weighted by Crippen LogP contribution is -1.97. The van der Waals surface area contributed by atoms with E-state index in [0.29, 0.717) is 0 Å². The molecule has 2 aliphatic carbocycles. The molecule has 0 nitrogen and oxygen atoms in total. The Balaban J connectivity index is 2.22. The third-order valence-electron chi connectivity index (χ3n) is 1.88. The fourth-order valence-corrected chi connectivity index (χ4v) is 3.52. The molecule has 0 aromatic rings. The van der Waals surface area contributed by atoms with E-state index < -0.39 is 0 Å². The molecule has 3 unspecified atom stereocenters. The average molecular weight is 238 g/mol. The predicted octanol–water partition coefficient (Wildman–Crippen LogP) is 2.47. The van der Waals surface area contributed by atoms with Gasteiger partial charge in [0.1, 0.15) is 0 Å². The summed E-state index contributed by atoms with van der Waals surface area (Å²) in [5.74, 6) is 0.843. The molecule has 8 heavy (non-hydrogen) atoms. The number of alkyl halides is 2. The number of halogens is 2. The zero-order valence-electron chi connectivity index (χ0n) is 4.27. The van der Waals surface area contributed by atoms with Crippen molar-refractivity contribution >= 4 is 31.9 Å². The molecular weight excluding hydrogens is 232 g/mol. The highest BCUT2D eigenvalue weighted by Crippen LogP contribution is 2.54. The molecule has 1 fully saturated rings. The Morgan fingerprint density at radius 1 is 1.50 bits per heavy atom. The van der Waals surface area contributed by atoms with Gasteiger partial charge in [0.05, 0.1) is 0 Å². The van der Waals surface area contributed by atoms with E-state index in [1.54, 1.807) is 5.57 Å². The van der Waals surface area contributed by atoms with Crippen molar-refractivity contribution in [3.8, 4) is 0 Å². The van der Waals surface area contributed by atoms with Crippen molar-refractivity contribution in [1.82, 2.24) is 0 Å². The van der Waals surface area contributed by atoms with Crippen molar-refractivity contribution in [2.45, 2.75) is 16.1 Å². The number of rotatable bonds is 0. The smallest absolute Gasteiger partial charge is 0.0435 e. The molecule has 44 valence electrons. The molecule has 0 spiro atoms. The zero-order valence-corrected chi connectivity index (χ0v) is 7.44. The molecular formula is C6H6Br2. The number of allylic oxidation sites excluding steroid dienone is 2. The molecule has 2 aliphatic rings. The van der Waals surface area contributed by atoms with Crippen molar-refractivity contribution in [3.05, 3.63) is 11.6 Å². The lowest BCUT2D eigenvalue weighted by molar-refractivity contribution is 0.837. The second kappa shape index (κ2) is 1.60. The Bertz CT molecular complexity index is 151. The van der Waals surface area contributed by atoms with Gasteiger partial charge in [0.15, 0.2) is 0 Å². The largest absolute Gasteiger partial charge is 0.0880 e. The van der Waals surface area contributed by atoms with Crippen LogP contribution in [-0.2, 0) is 0 Å². The highest BCUT2D eigenvalue weighted by atomic mass is 79.9. The molecule has 2 rings (SSSR count). The van der Waals surface area contributed by atoms with Crippen molar-refractivity contribution in [3.63, 3.8) is 0 Å². The molecule has 0 aliphatic heterocycles.